The molecule has 0 fully saturated rings. The smallest absolute Gasteiger partial charge is 0.350 e. The topological polar surface area (TPSA) is 60.4 Å². The second-order valence-electron chi connectivity index (χ2n) is 1.83. The first-order valence-corrected chi connectivity index (χ1v) is 2.79. The molecule has 0 saturated heterocycles. The highest BCUT2D eigenvalue weighted by Gasteiger charge is 2.30. The van der Waals surface area contributed by atoms with Gasteiger partial charge in [0.1, 0.15) is 5.57 Å². The number of aldehydes is 1. The number of ether oxygens (including phenoxy) is 1. The summed E-state index contributed by atoms with van der Waals surface area (Å²) in [6.45, 7) is 3.26. The van der Waals surface area contributed by atoms with Crippen LogP contribution >= 0.6 is 0 Å². The molecule has 0 aromatic carbocycles. The van der Waals surface area contributed by atoms with E-state index in [1.807, 2.05) is 0 Å². The molecule has 0 aliphatic carbocycles. The summed E-state index contributed by atoms with van der Waals surface area (Å²) in [7, 11) is 0. The largest absolute Gasteiger partial charge is 0.386 e. The van der Waals surface area contributed by atoms with Crippen LogP contribution in [-0.2, 0) is 19.1 Å². The van der Waals surface area contributed by atoms with Crippen molar-refractivity contribution in [1.29, 1.82) is 0 Å². The highest BCUT2D eigenvalue weighted by molar-refractivity contribution is 6.23. The van der Waals surface area contributed by atoms with Crippen molar-refractivity contribution in [3.8, 4) is 0 Å². The summed E-state index contributed by atoms with van der Waals surface area (Å²) in [4.78, 5) is 31.4. The van der Waals surface area contributed by atoms with E-state index in [9.17, 15) is 14.4 Å². The van der Waals surface area contributed by atoms with Crippen LogP contribution in [0.3, 0.4) is 0 Å². The van der Waals surface area contributed by atoms with Gasteiger partial charge in [0.25, 0.3) is 0 Å². The molecule has 0 amide bonds. The SMILES string of the molecule is C=CC1=C(C=O)C(=O)OC1=O. The number of carbonyl (C=O) groups excluding carboxylic acids is 3. The van der Waals surface area contributed by atoms with E-state index in [4.69, 9.17) is 0 Å². The molecule has 11 heavy (non-hydrogen) atoms. The molecule has 4 heteroatoms. The lowest BCUT2D eigenvalue weighted by Crippen LogP contribution is -2.02. The zero-order chi connectivity index (χ0) is 8.43. The first kappa shape index (κ1) is 7.40. The fourth-order valence-electron chi connectivity index (χ4n) is 0.719. The Morgan fingerprint density at radius 1 is 1.18 bits per heavy atom. The third kappa shape index (κ3) is 0.980. The van der Waals surface area contributed by atoms with E-state index in [1.165, 1.54) is 0 Å². The van der Waals surface area contributed by atoms with Gasteiger partial charge in [0.15, 0.2) is 6.29 Å². The van der Waals surface area contributed by atoms with Gasteiger partial charge < -0.3 is 4.74 Å². The van der Waals surface area contributed by atoms with Crippen LogP contribution in [0.4, 0.5) is 0 Å². The van der Waals surface area contributed by atoms with E-state index in [0.717, 1.165) is 6.08 Å². The van der Waals surface area contributed by atoms with Gasteiger partial charge in [0.05, 0.1) is 5.57 Å². The van der Waals surface area contributed by atoms with E-state index in [2.05, 4.69) is 11.3 Å². The van der Waals surface area contributed by atoms with Gasteiger partial charge in [-0.2, -0.15) is 0 Å². The average Bonchev–Trinajstić information content (AvgIpc) is 2.24. The predicted octanol–water partition coefficient (Wildman–Crippen LogP) is -0.249. The fourth-order valence-corrected chi connectivity index (χ4v) is 0.719. The lowest BCUT2D eigenvalue weighted by atomic mass is 10.1. The third-order valence-electron chi connectivity index (χ3n) is 1.24. The molecule has 0 atom stereocenters. The number of hydrogen-bond acceptors (Lipinski definition) is 4. The Kier molecular flexibility index (Phi) is 1.68. The number of carbonyl (C=O) groups is 3. The van der Waals surface area contributed by atoms with Crippen molar-refractivity contribution in [3.05, 3.63) is 23.8 Å². The Balaban J connectivity index is 3.22. The minimum Gasteiger partial charge on any atom is -0.386 e. The van der Waals surface area contributed by atoms with Crippen molar-refractivity contribution in [1.82, 2.24) is 0 Å². The second-order valence-corrected chi connectivity index (χ2v) is 1.83. The molecule has 0 unspecified atom stereocenters. The van der Waals surface area contributed by atoms with E-state index in [-0.39, 0.29) is 17.4 Å². The lowest BCUT2D eigenvalue weighted by molar-refractivity contribution is -0.150. The molecule has 1 aliphatic rings. The summed E-state index contributed by atoms with van der Waals surface area (Å²) in [5.74, 6) is -1.72. The van der Waals surface area contributed by atoms with Crippen molar-refractivity contribution in [2.75, 3.05) is 0 Å². The summed E-state index contributed by atoms with van der Waals surface area (Å²) >= 11 is 0. The van der Waals surface area contributed by atoms with Gasteiger partial charge in [0.2, 0.25) is 0 Å². The zero-order valence-corrected chi connectivity index (χ0v) is 5.49. The van der Waals surface area contributed by atoms with E-state index >= 15 is 0 Å². The van der Waals surface area contributed by atoms with Crippen LogP contribution in [0, 0.1) is 0 Å². The monoisotopic (exact) mass is 152 g/mol. The number of cyclic esters (lactones) is 2. The van der Waals surface area contributed by atoms with E-state index in [1.54, 1.807) is 0 Å². The number of esters is 2. The minimum absolute atomic E-state index is 0.0648. The van der Waals surface area contributed by atoms with Crippen LogP contribution in [-0.4, -0.2) is 18.2 Å². The summed E-state index contributed by atoms with van der Waals surface area (Å²) in [6.07, 6.45) is 1.40. The summed E-state index contributed by atoms with van der Waals surface area (Å²) in [6, 6.07) is 0. The Hall–Kier alpha value is -1.71. The maximum atomic E-state index is 10.7. The molecule has 4 nitrogen and oxygen atoms in total. The molecule has 1 rings (SSSR count). The van der Waals surface area contributed by atoms with Crippen molar-refractivity contribution in [2.45, 2.75) is 0 Å². The van der Waals surface area contributed by atoms with Crippen LogP contribution in [0.1, 0.15) is 0 Å². The Bertz CT molecular complexity index is 257. The average molecular weight is 152 g/mol. The van der Waals surface area contributed by atoms with Gasteiger partial charge in [-0.1, -0.05) is 12.7 Å². The molecule has 0 N–H and O–H groups in total. The van der Waals surface area contributed by atoms with Crippen molar-refractivity contribution < 1.29 is 19.1 Å². The molecular formula is C7H4O4. The molecule has 0 aromatic heterocycles. The second kappa shape index (κ2) is 2.49. The van der Waals surface area contributed by atoms with Gasteiger partial charge in [-0.15, -0.1) is 0 Å². The van der Waals surface area contributed by atoms with Gasteiger partial charge in [-0.3, -0.25) is 4.79 Å². The van der Waals surface area contributed by atoms with Crippen molar-refractivity contribution >= 4 is 18.2 Å². The molecule has 0 spiro atoms. The van der Waals surface area contributed by atoms with Crippen LogP contribution < -0.4 is 0 Å². The van der Waals surface area contributed by atoms with Crippen molar-refractivity contribution in [3.63, 3.8) is 0 Å². The lowest BCUT2D eigenvalue weighted by Gasteiger charge is -1.84. The third-order valence-corrected chi connectivity index (χ3v) is 1.24. The summed E-state index contributed by atoms with van der Waals surface area (Å²) in [5, 5.41) is 0. The van der Waals surface area contributed by atoms with Gasteiger partial charge in [-0.25, -0.2) is 9.59 Å². The van der Waals surface area contributed by atoms with E-state index in [0.29, 0.717) is 0 Å². The van der Waals surface area contributed by atoms with Crippen LogP contribution in [0.15, 0.2) is 23.8 Å². The molecule has 1 heterocycles. The molecule has 56 valence electrons. The van der Waals surface area contributed by atoms with Crippen molar-refractivity contribution in [2.24, 2.45) is 0 Å². The summed E-state index contributed by atoms with van der Waals surface area (Å²) in [5.41, 5.74) is -0.324. The Labute approximate surface area is 62.1 Å². The first-order valence-electron chi connectivity index (χ1n) is 2.79. The zero-order valence-electron chi connectivity index (χ0n) is 5.49. The number of hydrogen-bond donors (Lipinski definition) is 0. The minimum atomic E-state index is -0.903. The fraction of sp³-hybridized carbons (Fsp3) is 0. The van der Waals surface area contributed by atoms with Crippen LogP contribution in [0.2, 0.25) is 0 Å². The first-order chi connectivity index (χ1) is 5.20. The van der Waals surface area contributed by atoms with E-state index < -0.39 is 11.9 Å². The molecule has 0 bridgehead atoms. The standard InChI is InChI=1S/C7H4O4/c1-2-4-5(3-8)7(10)11-6(4)9/h2-3H,1H2. The highest BCUT2D eigenvalue weighted by Crippen LogP contribution is 2.15. The Morgan fingerprint density at radius 2 is 1.73 bits per heavy atom. The van der Waals surface area contributed by atoms with Crippen LogP contribution in [0.25, 0.3) is 0 Å². The molecule has 0 aromatic rings. The van der Waals surface area contributed by atoms with Gasteiger partial charge in [0, 0.05) is 0 Å². The molecule has 1 aliphatic heterocycles. The van der Waals surface area contributed by atoms with Crippen LogP contribution in [0.5, 0.6) is 0 Å². The normalized spacial score (nSPS) is 16.7. The Morgan fingerprint density at radius 3 is 2.09 bits per heavy atom. The molecule has 0 saturated carbocycles. The molecular weight excluding hydrogens is 148 g/mol. The summed E-state index contributed by atoms with van der Waals surface area (Å²) < 4.78 is 4.11. The highest BCUT2D eigenvalue weighted by atomic mass is 16.6. The predicted molar refractivity (Wildman–Crippen MR) is 34.4 cm³/mol. The quantitative estimate of drug-likeness (QED) is 0.237. The van der Waals surface area contributed by atoms with Gasteiger partial charge in [-0.05, 0) is 0 Å². The molecule has 0 radical (unpaired) electrons. The maximum absolute atomic E-state index is 10.7. The number of rotatable bonds is 2. The maximum Gasteiger partial charge on any atom is 0.350 e. The van der Waals surface area contributed by atoms with Gasteiger partial charge >= 0.3 is 11.9 Å².